The fourth-order valence-electron chi connectivity index (χ4n) is 3.48. The van der Waals surface area contributed by atoms with Crippen LogP contribution in [-0.2, 0) is 10.9 Å². The number of urea groups is 1. The zero-order valence-electron chi connectivity index (χ0n) is 18.3. The van der Waals surface area contributed by atoms with Crippen molar-refractivity contribution >= 4 is 28.3 Å². The number of hydrogen-bond acceptors (Lipinski definition) is 7. The molecule has 1 unspecified atom stereocenters. The second-order valence-electron chi connectivity index (χ2n) is 7.24. The van der Waals surface area contributed by atoms with Crippen LogP contribution in [0.2, 0.25) is 0 Å². The molecule has 0 aliphatic heterocycles. The third-order valence-corrected chi connectivity index (χ3v) is 5.06. The number of fused-ring (bicyclic) bond motifs is 1. The molecule has 2 amide bonds. The van der Waals surface area contributed by atoms with Crippen LogP contribution in [0.3, 0.4) is 0 Å². The molecule has 0 aromatic carbocycles. The maximum absolute atomic E-state index is 13.6. The fourth-order valence-corrected chi connectivity index (χ4v) is 3.48. The maximum atomic E-state index is 13.6. The number of pyridine rings is 3. The molecule has 34 heavy (non-hydrogen) atoms. The second kappa shape index (κ2) is 9.02. The van der Waals surface area contributed by atoms with Crippen molar-refractivity contribution in [3.8, 4) is 5.82 Å². The van der Waals surface area contributed by atoms with Gasteiger partial charge in [0.1, 0.15) is 5.56 Å². The third-order valence-electron chi connectivity index (χ3n) is 5.06. The molecule has 0 spiro atoms. The Morgan fingerprint density at radius 2 is 1.82 bits per heavy atom. The third kappa shape index (κ3) is 4.50. The number of rotatable bonds is 5. The average molecular weight is 472 g/mol. The number of nitrogens with zero attached hydrogens (tertiary/aromatic N) is 6. The summed E-state index contributed by atoms with van der Waals surface area (Å²) in [4.78, 5) is 25.9. The van der Waals surface area contributed by atoms with E-state index in [4.69, 9.17) is 4.74 Å². The Hall–Kier alpha value is -4.13. The van der Waals surface area contributed by atoms with Gasteiger partial charge in [0.2, 0.25) is 0 Å². The van der Waals surface area contributed by atoms with E-state index in [0.717, 1.165) is 17.1 Å². The molecule has 4 aromatic rings. The highest BCUT2D eigenvalue weighted by Crippen LogP contribution is 2.35. The zero-order chi connectivity index (χ0) is 24.5. The van der Waals surface area contributed by atoms with Crippen LogP contribution in [0, 0.1) is 6.92 Å². The highest BCUT2D eigenvalue weighted by molar-refractivity contribution is 6.02. The number of carbonyl (C=O) groups is 1. The van der Waals surface area contributed by atoms with Crippen molar-refractivity contribution in [1.29, 1.82) is 0 Å². The minimum absolute atomic E-state index is 0.173. The molecule has 4 rings (SSSR count). The Morgan fingerprint density at radius 1 is 1.09 bits per heavy atom. The summed E-state index contributed by atoms with van der Waals surface area (Å²) in [5.74, 6) is -0.513. The number of halogens is 3. The molecule has 10 nitrogen and oxygen atoms in total. The van der Waals surface area contributed by atoms with Gasteiger partial charge >= 0.3 is 12.2 Å². The Balaban J connectivity index is 1.65. The molecule has 4 heterocycles. The summed E-state index contributed by atoms with van der Waals surface area (Å²) in [6.07, 6.45) is 1.45. The molecule has 176 valence electrons. The SMILES string of the molecule is COC(C)c1c(NC(=O)Nc2cnc(-n3nccn3)c(C(F)(F)F)c2)cnc2ccnc(C)c12. The predicted molar refractivity (Wildman–Crippen MR) is 116 cm³/mol. The van der Waals surface area contributed by atoms with E-state index in [-0.39, 0.29) is 5.69 Å². The normalized spacial score (nSPS) is 12.5. The molecule has 13 heteroatoms. The molecule has 0 saturated heterocycles. The van der Waals surface area contributed by atoms with Crippen molar-refractivity contribution in [2.45, 2.75) is 26.1 Å². The van der Waals surface area contributed by atoms with Crippen molar-refractivity contribution in [1.82, 2.24) is 29.9 Å². The van der Waals surface area contributed by atoms with E-state index in [1.54, 1.807) is 26.1 Å². The van der Waals surface area contributed by atoms with Crippen molar-refractivity contribution in [3.63, 3.8) is 0 Å². The maximum Gasteiger partial charge on any atom is 0.420 e. The van der Waals surface area contributed by atoms with Crippen LogP contribution in [0.5, 0.6) is 0 Å². The summed E-state index contributed by atoms with van der Waals surface area (Å²) in [7, 11) is 1.52. The van der Waals surface area contributed by atoms with Gasteiger partial charge in [-0.15, -0.1) is 4.80 Å². The summed E-state index contributed by atoms with van der Waals surface area (Å²) in [5, 5.41) is 13.1. The molecule has 0 fully saturated rings. The fraction of sp³-hybridized carbons (Fsp3) is 0.238. The minimum Gasteiger partial charge on any atom is -0.377 e. The molecule has 2 N–H and O–H groups in total. The summed E-state index contributed by atoms with van der Waals surface area (Å²) >= 11 is 0. The van der Waals surface area contributed by atoms with Crippen LogP contribution in [-0.4, -0.2) is 43.1 Å². The van der Waals surface area contributed by atoms with E-state index in [0.29, 0.717) is 27.8 Å². The predicted octanol–water partition coefficient (Wildman–Crippen LogP) is 4.28. The highest BCUT2D eigenvalue weighted by atomic mass is 19.4. The van der Waals surface area contributed by atoms with Gasteiger partial charge in [0.25, 0.3) is 0 Å². The van der Waals surface area contributed by atoms with Crippen molar-refractivity contribution in [2.24, 2.45) is 0 Å². The Morgan fingerprint density at radius 3 is 2.50 bits per heavy atom. The molecule has 0 aliphatic rings. The summed E-state index contributed by atoms with van der Waals surface area (Å²) in [6.45, 7) is 3.60. The van der Waals surface area contributed by atoms with E-state index >= 15 is 0 Å². The summed E-state index contributed by atoms with van der Waals surface area (Å²) in [6, 6.07) is 1.71. The lowest BCUT2D eigenvalue weighted by molar-refractivity contribution is -0.137. The molecule has 0 saturated carbocycles. The largest absolute Gasteiger partial charge is 0.420 e. The first-order valence-electron chi connectivity index (χ1n) is 9.98. The first-order chi connectivity index (χ1) is 16.2. The number of amides is 2. The van der Waals surface area contributed by atoms with Gasteiger partial charge in [0, 0.05) is 30.0 Å². The number of methoxy groups -OCH3 is 1. The molecule has 0 bridgehead atoms. The lowest BCUT2D eigenvalue weighted by Crippen LogP contribution is -2.22. The van der Waals surface area contributed by atoms with Crippen LogP contribution < -0.4 is 10.6 Å². The number of alkyl halides is 3. The van der Waals surface area contributed by atoms with E-state index in [1.165, 1.54) is 25.7 Å². The number of aryl methyl sites for hydroxylation is 1. The van der Waals surface area contributed by atoms with Crippen LogP contribution in [0.25, 0.3) is 16.7 Å². The van der Waals surface area contributed by atoms with Gasteiger partial charge in [0.15, 0.2) is 5.82 Å². The van der Waals surface area contributed by atoms with Gasteiger partial charge in [-0.2, -0.15) is 23.4 Å². The molecule has 0 radical (unpaired) electrons. The first-order valence-corrected chi connectivity index (χ1v) is 9.98. The van der Waals surface area contributed by atoms with E-state index in [1.807, 2.05) is 0 Å². The number of ether oxygens (including phenoxy) is 1. The zero-order valence-corrected chi connectivity index (χ0v) is 18.3. The van der Waals surface area contributed by atoms with Crippen LogP contribution in [0.15, 0.2) is 43.1 Å². The topological polar surface area (TPSA) is 120 Å². The highest BCUT2D eigenvalue weighted by Gasteiger charge is 2.36. The average Bonchev–Trinajstić information content (AvgIpc) is 3.33. The quantitative estimate of drug-likeness (QED) is 0.445. The molecular formula is C21H19F3N8O2. The number of anilines is 2. The molecule has 1 atom stereocenters. The Labute approximate surface area is 191 Å². The van der Waals surface area contributed by atoms with Gasteiger partial charge in [-0.3, -0.25) is 9.97 Å². The van der Waals surface area contributed by atoms with Gasteiger partial charge in [-0.05, 0) is 26.0 Å². The molecular weight excluding hydrogens is 453 g/mol. The first kappa shape index (κ1) is 23.0. The number of aromatic nitrogens is 6. The van der Waals surface area contributed by atoms with E-state index < -0.39 is 29.7 Å². The summed E-state index contributed by atoms with van der Waals surface area (Å²) < 4.78 is 46.3. The van der Waals surface area contributed by atoms with Crippen LogP contribution in [0.4, 0.5) is 29.3 Å². The van der Waals surface area contributed by atoms with Crippen LogP contribution >= 0.6 is 0 Å². The lowest BCUT2D eigenvalue weighted by Gasteiger charge is -2.19. The number of carbonyl (C=O) groups excluding carboxylic acids is 1. The Kier molecular flexibility index (Phi) is 6.11. The van der Waals surface area contributed by atoms with E-state index in [9.17, 15) is 18.0 Å². The number of nitrogens with one attached hydrogen (secondary N) is 2. The van der Waals surface area contributed by atoms with Gasteiger partial charge in [-0.25, -0.2) is 9.78 Å². The van der Waals surface area contributed by atoms with Crippen molar-refractivity contribution in [3.05, 3.63) is 59.9 Å². The van der Waals surface area contributed by atoms with Gasteiger partial charge in [0.05, 0.1) is 47.8 Å². The minimum atomic E-state index is -4.75. The van der Waals surface area contributed by atoms with Crippen molar-refractivity contribution in [2.75, 3.05) is 17.7 Å². The summed E-state index contributed by atoms with van der Waals surface area (Å²) in [5.41, 5.74) is 1.05. The second-order valence-corrected chi connectivity index (χ2v) is 7.24. The van der Waals surface area contributed by atoms with Gasteiger partial charge in [-0.1, -0.05) is 0 Å². The molecule has 0 aliphatic carbocycles. The monoisotopic (exact) mass is 472 g/mol. The van der Waals surface area contributed by atoms with Crippen LogP contribution in [0.1, 0.15) is 29.8 Å². The Bertz CT molecular complexity index is 1340. The number of hydrogen-bond donors (Lipinski definition) is 2. The lowest BCUT2D eigenvalue weighted by atomic mass is 10.0. The van der Waals surface area contributed by atoms with Crippen molar-refractivity contribution < 1.29 is 22.7 Å². The standard InChI is InChI=1S/C21H19F3N8O2/c1-11-17-15(4-5-25-11)26-10-16(18(17)12(2)34-3)31-20(33)30-13-8-14(21(22,23)24)19(27-9-13)32-28-6-7-29-32/h4-10,12H,1-3H3,(H2,30,31,33). The molecule has 4 aromatic heterocycles. The van der Waals surface area contributed by atoms with Gasteiger partial charge < -0.3 is 15.4 Å². The van der Waals surface area contributed by atoms with E-state index in [2.05, 4.69) is 35.8 Å². The smallest absolute Gasteiger partial charge is 0.377 e.